The van der Waals surface area contributed by atoms with Crippen molar-refractivity contribution in [3.8, 4) is 11.8 Å². The number of rotatable bonds is 1. The summed E-state index contributed by atoms with van der Waals surface area (Å²) in [6.07, 6.45) is 8.19. The van der Waals surface area contributed by atoms with Crippen LogP contribution in [0.2, 0.25) is 0 Å². The minimum atomic E-state index is -0.125. The highest BCUT2D eigenvalue weighted by atomic mass is 16.1. The van der Waals surface area contributed by atoms with Gasteiger partial charge < -0.3 is 0 Å². The van der Waals surface area contributed by atoms with Crippen molar-refractivity contribution in [2.45, 2.75) is 12.8 Å². The number of hydrogen-bond donors (Lipinski definition) is 0. The highest BCUT2D eigenvalue weighted by Gasteiger charge is 1.99. The Morgan fingerprint density at radius 2 is 1.94 bits per heavy atom. The van der Waals surface area contributed by atoms with Gasteiger partial charge in [-0.15, -0.1) is 0 Å². The van der Waals surface area contributed by atoms with E-state index in [1.807, 2.05) is 24.3 Å². The molecule has 2 rings (SSSR count). The van der Waals surface area contributed by atoms with Gasteiger partial charge in [-0.1, -0.05) is 54.5 Å². The molecule has 0 saturated carbocycles. The SMILES string of the molecule is O=C(C#CC1=CCCC=C1)c1ccccc1. The smallest absolute Gasteiger partial charge is 0.236 e. The van der Waals surface area contributed by atoms with Gasteiger partial charge in [0.05, 0.1) is 0 Å². The Kier molecular flexibility index (Phi) is 3.35. The summed E-state index contributed by atoms with van der Waals surface area (Å²) in [4.78, 5) is 11.7. The van der Waals surface area contributed by atoms with E-state index in [0.29, 0.717) is 5.56 Å². The number of carbonyl (C=O) groups is 1. The Hall–Kier alpha value is -2.07. The van der Waals surface area contributed by atoms with Crippen LogP contribution >= 0.6 is 0 Å². The Labute approximate surface area is 95.5 Å². The van der Waals surface area contributed by atoms with Gasteiger partial charge in [0.25, 0.3) is 0 Å². The van der Waals surface area contributed by atoms with Crippen LogP contribution < -0.4 is 0 Å². The van der Waals surface area contributed by atoms with Crippen molar-refractivity contribution in [2.75, 3.05) is 0 Å². The summed E-state index contributed by atoms with van der Waals surface area (Å²) >= 11 is 0. The molecule has 1 heteroatoms. The van der Waals surface area contributed by atoms with Crippen molar-refractivity contribution in [1.29, 1.82) is 0 Å². The monoisotopic (exact) mass is 208 g/mol. The van der Waals surface area contributed by atoms with E-state index in [1.54, 1.807) is 12.1 Å². The molecule has 0 heterocycles. The average molecular weight is 208 g/mol. The van der Waals surface area contributed by atoms with E-state index in [4.69, 9.17) is 0 Å². The topological polar surface area (TPSA) is 17.1 Å². The Morgan fingerprint density at radius 1 is 1.12 bits per heavy atom. The third-order valence-corrected chi connectivity index (χ3v) is 2.35. The van der Waals surface area contributed by atoms with Gasteiger partial charge in [-0.3, -0.25) is 4.79 Å². The maximum Gasteiger partial charge on any atom is 0.236 e. The normalized spacial score (nSPS) is 13.6. The number of ketones is 1. The molecule has 1 aromatic rings. The van der Waals surface area contributed by atoms with E-state index in [1.165, 1.54) is 0 Å². The number of carbonyl (C=O) groups excluding carboxylic acids is 1. The van der Waals surface area contributed by atoms with Gasteiger partial charge in [0.1, 0.15) is 0 Å². The van der Waals surface area contributed by atoms with Crippen molar-refractivity contribution < 1.29 is 4.79 Å². The van der Waals surface area contributed by atoms with Crippen LogP contribution in [-0.2, 0) is 0 Å². The largest absolute Gasteiger partial charge is 0.279 e. The van der Waals surface area contributed by atoms with Gasteiger partial charge in [-0.25, -0.2) is 0 Å². The number of allylic oxidation sites excluding steroid dienone is 4. The van der Waals surface area contributed by atoms with Crippen molar-refractivity contribution in [3.05, 3.63) is 59.7 Å². The Bertz CT molecular complexity index is 495. The van der Waals surface area contributed by atoms with E-state index in [2.05, 4.69) is 24.0 Å². The number of Topliss-reactive ketones (excluding diaryl/α,β-unsaturated/α-hetero) is 1. The van der Waals surface area contributed by atoms with E-state index in [9.17, 15) is 4.79 Å². The zero-order valence-corrected chi connectivity index (χ0v) is 8.94. The Morgan fingerprint density at radius 3 is 2.62 bits per heavy atom. The molecule has 1 aliphatic carbocycles. The fourth-order valence-corrected chi connectivity index (χ4v) is 1.50. The standard InChI is InChI=1S/C15H12O/c16-15(14-9-5-2-6-10-14)12-11-13-7-3-1-4-8-13/h2-3,5-10H,1,4H2. The molecule has 0 atom stereocenters. The summed E-state index contributed by atoms with van der Waals surface area (Å²) in [6, 6.07) is 9.13. The maximum atomic E-state index is 11.7. The van der Waals surface area contributed by atoms with Crippen LogP contribution in [0.4, 0.5) is 0 Å². The second-order valence-electron chi connectivity index (χ2n) is 3.58. The third kappa shape index (κ3) is 2.71. The molecule has 0 spiro atoms. The minimum Gasteiger partial charge on any atom is -0.279 e. The first-order valence-electron chi connectivity index (χ1n) is 5.34. The number of benzene rings is 1. The summed E-state index contributed by atoms with van der Waals surface area (Å²) in [6.45, 7) is 0. The van der Waals surface area contributed by atoms with Gasteiger partial charge in [0, 0.05) is 11.1 Å². The average Bonchev–Trinajstić information content (AvgIpc) is 2.38. The molecular weight excluding hydrogens is 196 g/mol. The fraction of sp³-hybridized carbons (Fsp3) is 0.133. The van der Waals surface area contributed by atoms with Crippen LogP contribution in [-0.4, -0.2) is 5.78 Å². The summed E-state index contributed by atoms with van der Waals surface area (Å²) in [5.41, 5.74) is 1.59. The molecule has 16 heavy (non-hydrogen) atoms. The lowest BCUT2D eigenvalue weighted by Gasteiger charge is -1.97. The van der Waals surface area contributed by atoms with E-state index < -0.39 is 0 Å². The second kappa shape index (κ2) is 5.14. The zero-order chi connectivity index (χ0) is 11.2. The first-order valence-corrected chi connectivity index (χ1v) is 5.34. The molecule has 0 fully saturated rings. The van der Waals surface area contributed by atoms with Crippen molar-refractivity contribution in [2.24, 2.45) is 0 Å². The first-order chi connectivity index (χ1) is 7.86. The molecule has 1 aliphatic rings. The third-order valence-electron chi connectivity index (χ3n) is 2.35. The van der Waals surface area contributed by atoms with Crippen molar-refractivity contribution in [1.82, 2.24) is 0 Å². The highest BCUT2D eigenvalue weighted by Crippen LogP contribution is 2.08. The molecule has 0 radical (unpaired) electrons. The van der Waals surface area contributed by atoms with Gasteiger partial charge in [-0.05, 0) is 18.8 Å². The number of hydrogen-bond acceptors (Lipinski definition) is 1. The van der Waals surface area contributed by atoms with Gasteiger partial charge in [0.2, 0.25) is 5.78 Å². The van der Waals surface area contributed by atoms with Crippen LogP contribution in [0.15, 0.2) is 54.1 Å². The van der Waals surface area contributed by atoms with Crippen molar-refractivity contribution in [3.63, 3.8) is 0 Å². The van der Waals surface area contributed by atoms with Gasteiger partial charge >= 0.3 is 0 Å². The molecule has 78 valence electrons. The van der Waals surface area contributed by atoms with Crippen LogP contribution in [0, 0.1) is 11.8 Å². The van der Waals surface area contributed by atoms with Crippen molar-refractivity contribution >= 4 is 5.78 Å². The fourth-order valence-electron chi connectivity index (χ4n) is 1.50. The lowest BCUT2D eigenvalue weighted by Crippen LogP contribution is -1.94. The molecule has 0 bridgehead atoms. The molecule has 1 nitrogen and oxygen atoms in total. The molecule has 0 saturated heterocycles. The molecular formula is C15H12O. The molecule has 0 aromatic heterocycles. The predicted octanol–water partition coefficient (Wildman–Crippen LogP) is 3.15. The van der Waals surface area contributed by atoms with E-state index >= 15 is 0 Å². The van der Waals surface area contributed by atoms with Gasteiger partial charge in [0.15, 0.2) is 0 Å². The molecule has 0 N–H and O–H groups in total. The van der Waals surface area contributed by atoms with E-state index in [0.717, 1.165) is 18.4 Å². The molecule has 0 aliphatic heterocycles. The van der Waals surface area contributed by atoms with E-state index in [-0.39, 0.29) is 5.78 Å². The van der Waals surface area contributed by atoms with Gasteiger partial charge in [-0.2, -0.15) is 0 Å². The quantitative estimate of drug-likeness (QED) is 0.393. The summed E-state index contributed by atoms with van der Waals surface area (Å²) in [7, 11) is 0. The predicted molar refractivity (Wildman–Crippen MR) is 65.0 cm³/mol. The molecule has 1 aromatic carbocycles. The molecule has 0 amide bonds. The summed E-state index contributed by atoms with van der Waals surface area (Å²) < 4.78 is 0. The first kappa shape index (κ1) is 10.4. The molecule has 0 unspecified atom stereocenters. The minimum absolute atomic E-state index is 0.125. The lowest BCUT2D eigenvalue weighted by molar-refractivity contribution is 0.105. The van der Waals surface area contributed by atoms with Crippen LogP contribution in [0.5, 0.6) is 0 Å². The highest BCUT2D eigenvalue weighted by molar-refractivity contribution is 6.09. The Balaban J connectivity index is 2.11. The summed E-state index contributed by atoms with van der Waals surface area (Å²) in [5, 5.41) is 0. The summed E-state index contributed by atoms with van der Waals surface area (Å²) in [5.74, 6) is 5.43. The van der Waals surface area contributed by atoms with Crippen LogP contribution in [0.25, 0.3) is 0 Å². The second-order valence-corrected chi connectivity index (χ2v) is 3.58. The lowest BCUT2D eigenvalue weighted by atomic mass is 10.1. The van der Waals surface area contributed by atoms with Crippen LogP contribution in [0.1, 0.15) is 23.2 Å². The maximum absolute atomic E-state index is 11.7. The van der Waals surface area contributed by atoms with Crippen LogP contribution in [0.3, 0.4) is 0 Å². The zero-order valence-electron chi connectivity index (χ0n) is 8.94.